The summed E-state index contributed by atoms with van der Waals surface area (Å²) in [5.74, 6) is -0.0412. The number of carbonyl (C=O) groups excluding carboxylic acids is 2. The van der Waals surface area contributed by atoms with Crippen LogP contribution in [0, 0.1) is 5.92 Å². The number of benzene rings is 1. The Balaban J connectivity index is 2.17. The highest BCUT2D eigenvalue weighted by molar-refractivity contribution is 6.21. The van der Waals surface area contributed by atoms with Crippen LogP contribution >= 0.6 is 0 Å². The van der Waals surface area contributed by atoms with Crippen LogP contribution in [0.5, 0.6) is 0 Å². The van der Waals surface area contributed by atoms with Gasteiger partial charge in [-0.2, -0.15) is 0 Å². The first-order chi connectivity index (χ1) is 9.34. The summed E-state index contributed by atoms with van der Waals surface area (Å²) < 4.78 is 5.62. The lowest BCUT2D eigenvalue weighted by molar-refractivity contribution is 0.0106. The lowest BCUT2D eigenvalue weighted by Crippen LogP contribution is -2.50. The Morgan fingerprint density at radius 2 is 1.60 bits per heavy atom. The lowest BCUT2D eigenvalue weighted by Gasteiger charge is -2.33. The average Bonchev–Trinajstić information content (AvgIpc) is 2.62. The zero-order valence-electron chi connectivity index (χ0n) is 12.5. The van der Waals surface area contributed by atoms with Crippen LogP contribution in [0.1, 0.15) is 48.4 Å². The molecule has 4 nitrogen and oxygen atoms in total. The normalized spacial score (nSPS) is 15.2. The van der Waals surface area contributed by atoms with Crippen molar-refractivity contribution in [1.82, 2.24) is 4.90 Å². The minimum atomic E-state index is -0.651. The first kappa shape index (κ1) is 14.7. The molecule has 0 saturated heterocycles. The average molecular weight is 275 g/mol. The third-order valence-electron chi connectivity index (χ3n) is 3.31. The molecule has 1 heterocycles. The van der Waals surface area contributed by atoms with Crippen LogP contribution in [-0.4, -0.2) is 35.5 Å². The second-order valence-corrected chi connectivity index (χ2v) is 6.21. The quantitative estimate of drug-likeness (QED) is 0.776. The third-order valence-corrected chi connectivity index (χ3v) is 3.31. The van der Waals surface area contributed by atoms with E-state index in [1.165, 1.54) is 4.90 Å². The molecule has 1 aromatic carbocycles. The number of hydrogen-bond acceptors (Lipinski definition) is 3. The molecule has 0 bridgehead atoms. The molecule has 20 heavy (non-hydrogen) atoms. The maximum atomic E-state index is 12.4. The van der Waals surface area contributed by atoms with E-state index >= 15 is 0 Å². The fourth-order valence-electron chi connectivity index (χ4n) is 2.35. The van der Waals surface area contributed by atoms with Gasteiger partial charge in [0.05, 0.1) is 23.3 Å². The van der Waals surface area contributed by atoms with Gasteiger partial charge in [0, 0.05) is 6.61 Å². The monoisotopic (exact) mass is 275 g/mol. The molecule has 0 aromatic heterocycles. The molecule has 108 valence electrons. The van der Waals surface area contributed by atoms with Crippen LogP contribution in [0.2, 0.25) is 0 Å². The first-order valence-corrected chi connectivity index (χ1v) is 6.90. The van der Waals surface area contributed by atoms with E-state index in [-0.39, 0.29) is 11.8 Å². The second kappa shape index (κ2) is 5.37. The summed E-state index contributed by atoms with van der Waals surface area (Å²) >= 11 is 0. The Hall–Kier alpha value is -1.68. The Morgan fingerprint density at radius 3 is 2.05 bits per heavy atom. The fraction of sp³-hybridized carbons (Fsp3) is 0.500. The van der Waals surface area contributed by atoms with Crippen LogP contribution in [0.3, 0.4) is 0 Å². The predicted molar refractivity (Wildman–Crippen MR) is 76.7 cm³/mol. The maximum Gasteiger partial charge on any atom is 0.262 e. The molecule has 2 amide bonds. The summed E-state index contributed by atoms with van der Waals surface area (Å²) in [6.07, 6.45) is 0. The molecule has 0 atom stereocenters. The number of fused-ring (bicyclic) bond motifs is 1. The molecular formula is C16H21NO3. The van der Waals surface area contributed by atoms with Gasteiger partial charge in [0.15, 0.2) is 0 Å². The van der Waals surface area contributed by atoms with Crippen LogP contribution in [0.4, 0.5) is 0 Å². The lowest BCUT2D eigenvalue weighted by atomic mass is 10.0. The summed E-state index contributed by atoms with van der Waals surface area (Å²) in [5.41, 5.74) is 0.311. The van der Waals surface area contributed by atoms with Crippen molar-refractivity contribution >= 4 is 11.8 Å². The Kier molecular flexibility index (Phi) is 3.95. The molecule has 2 rings (SSSR count). The van der Waals surface area contributed by atoms with Gasteiger partial charge in [-0.3, -0.25) is 14.5 Å². The van der Waals surface area contributed by atoms with E-state index in [4.69, 9.17) is 4.74 Å². The minimum absolute atomic E-state index is 0.233. The standard InChI is InChI=1S/C16H21NO3/c1-11(2)9-20-10-16(3,4)17-14(18)12-7-5-6-8-13(12)15(17)19/h5-8,11H,9-10H2,1-4H3. The van der Waals surface area contributed by atoms with Crippen LogP contribution in [0.15, 0.2) is 24.3 Å². The molecule has 0 N–H and O–H groups in total. The minimum Gasteiger partial charge on any atom is -0.379 e. The number of carbonyl (C=O) groups is 2. The summed E-state index contributed by atoms with van der Waals surface area (Å²) in [4.78, 5) is 26.1. The van der Waals surface area contributed by atoms with Gasteiger partial charge in [0.2, 0.25) is 0 Å². The van der Waals surface area contributed by atoms with Crippen LogP contribution in [-0.2, 0) is 4.74 Å². The molecule has 0 fully saturated rings. The third kappa shape index (κ3) is 2.61. The van der Waals surface area contributed by atoms with Crippen molar-refractivity contribution in [3.8, 4) is 0 Å². The SMILES string of the molecule is CC(C)COCC(C)(C)N1C(=O)c2ccccc2C1=O. The molecule has 1 aromatic rings. The van der Waals surface area contributed by atoms with Gasteiger partial charge < -0.3 is 4.74 Å². The zero-order chi connectivity index (χ0) is 14.9. The van der Waals surface area contributed by atoms with Crippen molar-refractivity contribution in [2.75, 3.05) is 13.2 Å². The number of amides is 2. The van der Waals surface area contributed by atoms with E-state index in [1.807, 2.05) is 13.8 Å². The molecular weight excluding hydrogens is 254 g/mol. The summed E-state index contributed by atoms with van der Waals surface area (Å²) in [6.45, 7) is 8.80. The van der Waals surface area contributed by atoms with E-state index in [0.29, 0.717) is 30.3 Å². The highest BCUT2D eigenvalue weighted by Crippen LogP contribution is 2.29. The largest absolute Gasteiger partial charge is 0.379 e. The van der Waals surface area contributed by atoms with Crippen molar-refractivity contribution in [2.45, 2.75) is 33.2 Å². The van der Waals surface area contributed by atoms with Gasteiger partial charge in [0.1, 0.15) is 0 Å². The summed E-state index contributed by atoms with van der Waals surface area (Å²) in [5, 5.41) is 0. The fourth-order valence-corrected chi connectivity index (χ4v) is 2.35. The van der Waals surface area contributed by atoms with E-state index in [2.05, 4.69) is 13.8 Å². The predicted octanol–water partition coefficient (Wildman–Crippen LogP) is 2.73. The van der Waals surface area contributed by atoms with Gasteiger partial charge in [-0.15, -0.1) is 0 Å². The van der Waals surface area contributed by atoms with Crippen molar-refractivity contribution < 1.29 is 14.3 Å². The number of rotatable bonds is 5. The van der Waals surface area contributed by atoms with E-state index in [9.17, 15) is 9.59 Å². The van der Waals surface area contributed by atoms with Crippen molar-refractivity contribution in [1.29, 1.82) is 0 Å². The van der Waals surface area contributed by atoms with Crippen LogP contribution < -0.4 is 0 Å². The summed E-state index contributed by atoms with van der Waals surface area (Å²) in [6, 6.07) is 6.94. The maximum absolute atomic E-state index is 12.4. The molecule has 0 aliphatic carbocycles. The van der Waals surface area contributed by atoms with Gasteiger partial charge in [0.25, 0.3) is 11.8 Å². The topological polar surface area (TPSA) is 46.6 Å². The van der Waals surface area contributed by atoms with Crippen molar-refractivity contribution in [3.63, 3.8) is 0 Å². The van der Waals surface area contributed by atoms with Crippen molar-refractivity contribution in [2.24, 2.45) is 5.92 Å². The molecule has 0 radical (unpaired) electrons. The van der Waals surface area contributed by atoms with E-state index < -0.39 is 5.54 Å². The van der Waals surface area contributed by atoms with Gasteiger partial charge in [-0.25, -0.2) is 0 Å². The van der Waals surface area contributed by atoms with Crippen molar-refractivity contribution in [3.05, 3.63) is 35.4 Å². The van der Waals surface area contributed by atoms with Gasteiger partial charge in [-0.1, -0.05) is 26.0 Å². The Morgan fingerprint density at radius 1 is 1.10 bits per heavy atom. The van der Waals surface area contributed by atoms with Gasteiger partial charge in [-0.05, 0) is 31.9 Å². The summed E-state index contributed by atoms with van der Waals surface area (Å²) in [7, 11) is 0. The smallest absolute Gasteiger partial charge is 0.262 e. The number of imide groups is 1. The highest BCUT2D eigenvalue weighted by Gasteiger charge is 2.43. The molecule has 4 heteroatoms. The second-order valence-electron chi connectivity index (χ2n) is 6.21. The van der Waals surface area contributed by atoms with Crippen LogP contribution in [0.25, 0.3) is 0 Å². The first-order valence-electron chi connectivity index (χ1n) is 6.90. The zero-order valence-corrected chi connectivity index (χ0v) is 12.5. The van der Waals surface area contributed by atoms with E-state index in [1.54, 1.807) is 24.3 Å². The Bertz CT molecular complexity index is 499. The van der Waals surface area contributed by atoms with E-state index in [0.717, 1.165) is 0 Å². The number of ether oxygens (including phenoxy) is 1. The molecule has 0 saturated carbocycles. The number of hydrogen-bond donors (Lipinski definition) is 0. The molecule has 0 spiro atoms. The highest BCUT2D eigenvalue weighted by atomic mass is 16.5. The van der Waals surface area contributed by atoms with Gasteiger partial charge >= 0.3 is 0 Å². The molecule has 0 unspecified atom stereocenters. The molecule has 1 aliphatic rings. The Labute approximate surface area is 119 Å². The molecule has 1 aliphatic heterocycles. The number of nitrogens with zero attached hydrogens (tertiary/aromatic N) is 1.